The van der Waals surface area contributed by atoms with Crippen LogP contribution in [-0.2, 0) is 11.0 Å². The maximum Gasteiger partial charge on any atom is 0.224 e. The molecule has 0 amide bonds. The summed E-state index contributed by atoms with van der Waals surface area (Å²) in [4.78, 5) is 17.4. The molecule has 1 aromatic heterocycles. The summed E-state index contributed by atoms with van der Waals surface area (Å²) in [6, 6.07) is 25.8. The lowest BCUT2D eigenvalue weighted by Gasteiger charge is -2.39. The lowest BCUT2D eigenvalue weighted by atomic mass is 9.95. The lowest BCUT2D eigenvalue weighted by molar-refractivity contribution is 0.103. The van der Waals surface area contributed by atoms with Crippen molar-refractivity contribution in [3.63, 3.8) is 0 Å². The fraction of sp³-hybridized carbons (Fsp3) is 0.412. The Morgan fingerprint density at radius 1 is 0.762 bits per heavy atom. The number of alkyl halides is 1. The van der Waals surface area contributed by atoms with Crippen molar-refractivity contribution < 1.29 is 4.74 Å². The predicted molar refractivity (Wildman–Crippen MR) is 180 cm³/mol. The van der Waals surface area contributed by atoms with Crippen LogP contribution in [0.4, 0.5) is 0 Å². The largest absolute Gasteiger partial charge is 0.476 e. The quantitative estimate of drug-likeness (QED) is 0.132. The number of para-hydroxylation sites is 1. The molecule has 220 valence electrons. The minimum absolute atomic E-state index is 0.199. The molecule has 8 heteroatoms. The van der Waals surface area contributed by atoms with Gasteiger partial charge < -0.3 is 4.74 Å². The zero-order valence-electron chi connectivity index (χ0n) is 24.1. The summed E-state index contributed by atoms with van der Waals surface area (Å²) in [7, 11) is 0. The minimum Gasteiger partial charge on any atom is -0.476 e. The van der Waals surface area contributed by atoms with Crippen molar-refractivity contribution >= 4 is 45.1 Å². The summed E-state index contributed by atoms with van der Waals surface area (Å²) in [5.41, 5.74) is 4.90. The van der Waals surface area contributed by atoms with Gasteiger partial charge in [-0.2, -0.15) is 4.98 Å². The molecule has 0 saturated carbocycles. The first-order valence-corrected chi connectivity index (χ1v) is 17.0. The van der Waals surface area contributed by atoms with Gasteiger partial charge in [-0.25, -0.2) is 4.98 Å². The average Bonchev–Trinajstić information content (AvgIpc) is 3.04. The number of aromatic nitrogens is 2. The Bertz CT molecular complexity index is 1440. The molecule has 2 aliphatic rings. The first-order valence-electron chi connectivity index (χ1n) is 15.1. The lowest BCUT2D eigenvalue weighted by Crippen LogP contribution is -2.47. The molecule has 0 N–H and O–H groups in total. The van der Waals surface area contributed by atoms with E-state index in [1.165, 1.54) is 49.0 Å². The van der Waals surface area contributed by atoms with Gasteiger partial charge in [-0.15, -0.1) is 0 Å². The number of likely N-dealkylation sites (tertiary alicyclic amines) is 1. The minimum atomic E-state index is 0.199. The third kappa shape index (κ3) is 7.42. The first-order chi connectivity index (χ1) is 20.7. The molecule has 4 aromatic rings. The van der Waals surface area contributed by atoms with Crippen LogP contribution in [-0.4, -0.2) is 77.1 Å². The van der Waals surface area contributed by atoms with Gasteiger partial charge in [-0.05, 0) is 66.9 Å². The molecule has 1 unspecified atom stereocenters. The van der Waals surface area contributed by atoms with E-state index in [9.17, 15) is 0 Å². The van der Waals surface area contributed by atoms with Crippen molar-refractivity contribution in [3.8, 4) is 5.88 Å². The molecule has 0 aliphatic carbocycles. The van der Waals surface area contributed by atoms with Gasteiger partial charge in [0.25, 0.3) is 0 Å². The molecule has 2 fully saturated rings. The summed E-state index contributed by atoms with van der Waals surface area (Å²) < 4.78 is 7.31. The van der Waals surface area contributed by atoms with E-state index in [4.69, 9.17) is 26.3 Å². The molecule has 2 aliphatic heterocycles. The molecular weight excluding hydrogens is 657 g/mol. The van der Waals surface area contributed by atoms with Crippen molar-refractivity contribution in [3.05, 3.63) is 100 Å². The Labute approximate surface area is 268 Å². The zero-order chi connectivity index (χ0) is 28.7. The van der Waals surface area contributed by atoms with E-state index in [1.807, 2.05) is 24.3 Å². The number of piperidine rings is 1. The van der Waals surface area contributed by atoms with Crippen molar-refractivity contribution in [1.82, 2.24) is 24.7 Å². The third-order valence-electron chi connectivity index (χ3n) is 8.48. The number of halogens is 2. The number of hydrogen-bond donors (Lipinski definition) is 0. The van der Waals surface area contributed by atoms with Crippen LogP contribution in [0.2, 0.25) is 5.02 Å². The van der Waals surface area contributed by atoms with Crippen LogP contribution in [0.5, 0.6) is 5.88 Å². The van der Waals surface area contributed by atoms with Gasteiger partial charge in [0.15, 0.2) is 0 Å². The highest BCUT2D eigenvalue weighted by molar-refractivity contribution is 14.1. The predicted octanol–water partition coefficient (Wildman–Crippen LogP) is 6.99. The van der Waals surface area contributed by atoms with Gasteiger partial charge in [0.2, 0.25) is 5.88 Å². The molecule has 3 heterocycles. The number of hydrogen-bond acceptors (Lipinski definition) is 6. The highest BCUT2D eigenvalue weighted by Gasteiger charge is 2.27. The van der Waals surface area contributed by atoms with Crippen molar-refractivity contribution in [2.24, 2.45) is 0 Å². The van der Waals surface area contributed by atoms with Crippen molar-refractivity contribution in [2.45, 2.75) is 36.3 Å². The van der Waals surface area contributed by atoms with Crippen LogP contribution in [0.25, 0.3) is 10.9 Å². The van der Waals surface area contributed by atoms with Crippen LogP contribution in [0, 0.1) is 0 Å². The third-order valence-corrected chi connectivity index (χ3v) is 9.61. The Hall–Kier alpha value is -2.30. The topological polar surface area (TPSA) is 44.7 Å². The van der Waals surface area contributed by atoms with Crippen molar-refractivity contribution in [1.29, 1.82) is 0 Å². The molecule has 42 heavy (non-hydrogen) atoms. The van der Waals surface area contributed by atoms with E-state index in [0.29, 0.717) is 12.5 Å². The normalized spacial score (nSPS) is 17.9. The van der Waals surface area contributed by atoms with Crippen LogP contribution in [0.1, 0.15) is 47.8 Å². The summed E-state index contributed by atoms with van der Waals surface area (Å²) >= 11 is 8.67. The molecule has 0 radical (unpaired) electrons. The van der Waals surface area contributed by atoms with E-state index >= 15 is 0 Å². The molecule has 3 aromatic carbocycles. The highest BCUT2D eigenvalue weighted by atomic mass is 127. The molecule has 0 spiro atoms. The number of benzene rings is 3. The second-order valence-corrected chi connectivity index (χ2v) is 12.6. The number of nitrogens with zero attached hydrogens (tertiary/aromatic N) is 5. The zero-order valence-corrected chi connectivity index (χ0v) is 27.0. The molecule has 2 saturated heterocycles. The average molecular weight is 696 g/mol. The number of rotatable bonds is 10. The monoisotopic (exact) mass is 695 g/mol. The molecular formula is C34H39ClIN5O. The maximum atomic E-state index is 6.29. The Morgan fingerprint density at radius 2 is 1.45 bits per heavy atom. The number of piperazine rings is 1. The van der Waals surface area contributed by atoms with Gasteiger partial charge in [-0.3, -0.25) is 14.7 Å². The van der Waals surface area contributed by atoms with E-state index in [0.717, 1.165) is 65.4 Å². The molecule has 1 atom stereocenters. The van der Waals surface area contributed by atoms with E-state index in [2.05, 4.69) is 85.8 Å². The number of fused-ring (bicyclic) bond motifs is 1. The highest BCUT2D eigenvalue weighted by Crippen LogP contribution is 2.31. The standard InChI is InChI=1S/C34H39ClIN5O/c35-29-14-12-28(13-15-29)33(27-10-8-26(24-36)9-11-27)41-20-18-40(19-21-41)25-32-37-31-7-3-2-6-30(31)34(38-32)42-23-22-39-16-4-1-5-17-39/h2-3,6-15,33H,1,4-5,16-25H2. The van der Waals surface area contributed by atoms with Crippen LogP contribution < -0.4 is 4.74 Å². The van der Waals surface area contributed by atoms with Crippen LogP contribution in [0.3, 0.4) is 0 Å². The summed E-state index contributed by atoms with van der Waals surface area (Å²) in [5, 5.41) is 1.76. The fourth-order valence-corrected chi connectivity index (χ4v) is 6.79. The maximum absolute atomic E-state index is 6.29. The van der Waals surface area contributed by atoms with Crippen LogP contribution >= 0.6 is 34.2 Å². The molecule has 0 bridgehead atoms. The molecule has 6 nitrogen and oxygen atoms in total. The second-order valence-electron chi connectivity index (χ2n) is 11.4. The van der Waals surface area contributed by atoms with E-state index < -0.39 is 0 Å². The fourth-order valence-electron chi connectivity index (χ4n) is 6.16. The smallest absolute Gasteiger partial charge is 0.224 e. The van der Waals surface area contributed by atoms with Crippen LogP contribution in [0.15, 0.2) is 72.8 Å². The van der Waals surface area contributed by atoms with E-state index in [1.54, 1.807) is 0 Å². The van der Waals surface area contributed by atoms with Gasteiger partial charge in [-0.1, -0.05) is 89.1 Å². The summed E-state index contributed by atoms with van der Waals surface area (Å²) in [6.07, 6.45) is 3.93. The van der Waals surface area contributed by atoms with Gasteiger partial charge in [0.1, 0.15) is 12.4 Å². The first kappa shape index (κ1) is 29.8. The van der Waals surface area contributed by atoms with Crippen molar-refractivity contribution in [2.75, 3.05) is 52.4 Å². The molecule has 6 rings (SSSR count). The van der Waals surface area contributed by atoms with E-state index in [-0.39, 0.29) is 6.04 Å². The Balaban J connectivity index is 1.13. The van der Waals surface area contributed by atoms with Gasteiger partial charge >= 0.3 is 0 Å². The SMILES string of the molecule is Clc1ccc(C(c2ccc(CI)cc2)N2CCN(Cc3nc(OCCN4CCCCC4)c4ccccc4n3)CC2)cc1. The number of ether oxygens (including phenoxy) is 1. The summed E-state index contributed by atoms with van der Waals surface area (Å²) in [5.74, 6) is 1.54. The second kappa shape index (κ2) is 14.4. The van der Waals surface area contributed by atoms with Gasteiger partial charge in [0.05, 0.1) is 23.5 Å². The van der Waals surface area contributed by atoms with Gasteiger partial charge in [0, 0.05) is 42.2 Å². The summed E-state index contributed by atoms with van der Waals surface area (Å²) in [6.45, 7) is 8.52. The Kier molecular flexibility index (Phi) is 10.2. The Morgan fingerprint density at radius 3 is 2.17 bits per heavy atom.